The molecule has 0 aliphatic heterocycles. The summed E-state index contributed by atoms with van der Waals surface area (Å²) in [7, 11) is 0. The maximum Gasteiger partial charge on any atom is 0.0591 e. The zero-order valence-corrected chi connectivity index (χ0v) is 11.6. The number of hydrogen-bond donors (Lipinski definition) is 1. The van der Waals surface area contributed by atoms with Crippen LogP contribution in [0.5, 0.6) is 0 Å². The smallest absolute Gasteiger partial charge is 0.0591 e. The lowest BCUT2D eigenvalue weighted by Crippen LogP contribution is -2.23. The van der Waals surface area contributed by atoms with E-state index in [-0.39, 0.29) is 0 Å². The number of nitrogens with one attached hydrogen (secondary N) is 1. The second-order valence-corrected chi connectivity index (χ2v) is 4.66. The molecular weight excluding hydrogens is 266 g/mol. The molecule has 0 aromatic heterocycles. The molecule has 1 aromatic carbocycles. The highest BCUT2D eigenvalue weighted by Crippen LogP contribution is 2.22. The lowest BCUT2D eigenvalue weighted by Gasteiger charge is -2.15. The topological polar surface area (TPSA) is 21.3 Å². The van der Waals surface area contributed by atoms with Gasteiger partial charge in [0.05, 0.1) is 6.61 Å². The van der Waals surface area contributed by atoms with Gasteiger partial charge in [-0.05, 0) is 25.0 Å². The quantitative estimate of drug-likeness (QED) is 0.774. The predicted molar refractivity (Wildman–Crippen MR) is 71.7 cm³/mol. The van der Waals surface area contributed by atoms with Crippen molar-refractivity contribution < 1.29 is 4.74 Å². The minimum absolute atomic E-state index is 0.348. The van der Waals surface area contributed by atoms with Gasteiger partial charge < -0.3 is 10.1 Å². The fraction of sp³-hybridized carbons (Fsp3) is 0.538. The fourth-order valence-corrected chi connectivity index (χ4v) is 2.16. The van der Waals surface area contributed by atoms with Crippen LogP contribution in [-0.2, 0) is 4.74 Å². The third-order valence-electron chi connectivity index (χ3n) is 2.42. The number of hydrogen-bond acceptors (Lipinski definition) is 2. The lowest BCUT2D eigenvalue weighted by molar-refractivity contribution is 0.135. The Morgan fingerprint density at radius 1 is 1.31 bits per heavy atom. The minimum Gasteiger partial charge on any atom is -0.380 e. The van der Waals surface area contributed by atoms with E-state index in [1.807, 2.05) is 6.07 Å². The van der Waals surface area contributed by atoms with E-state index in [4.69, 9.17) is 4.74 Å². The van der Waals surface area contributed by atoms with Crippen LogP contribution in [0.3, 0.4) is 0 Å². The summed E-state index contributed by atoms with van der Waals surface area (Å²) in [6.07, 6.45) is 1.08. The maximum absolute atomic E-state index is 5.43. The molecule has 1 atom stereocenters. The van der Waals surface area contributed by atoms with Crippen molar-refractivity contribution >= 4 is 15.9 Å². The van der Waals surface area contributed by atoms with Gasteiger partial charge in [-0.2, -0.15) is 0 Å². The molecule has 1 aromatic rings. The molecular formula is C13H20BrNO. The van der Waals surface area contributed by atoms with Gasteiger partial charge in [-0.3, -0.25) is 0 Å². The monoisotopic (exact) mass is 285 g/mol. The average Bonchev–Trinajstić information content (AvgIpc) is 2.29. The molecule has 0 bridgehead atoms. The first-order chi connectivity index (χ1) is 7.75. The summed E-state index contributed by atoms with van der Waals surface area (Å²) in [5.41, 5.74) is 1.29. The normalized spacial score (nSPS) is 12.7. The van der Waals surface area contributed by atoms with E-state index in [0.717, 1.165) is 30.7 Å². The van der Waals surface area contributed by atoms with Crippen molar-refractivity contribution in [1.29, 1.82) is 0 Å². The van der Waals surface area contributed by atoms with Crippen molar-refractivity contribution in [3.8, 4) is 0 Å². The Morgan fingerprint density at radius 3 is 2.75 bits per heavy atom. The van der Waals surface area contributed by atoms with Gasteiger partial charge in [0.15, 0.2) is 0 Å². The molecule has 16 heavy (non-hydrogen) atoms. The Bertz CT molecular complexity index is 304. The molecule has 0 fully saturated rings. The van der Waals surface area contributed by atoms with Gasteiger partial charge >= 0.3 is 0 Å². The van der Waals surface area contributed by atoms with E-state index in [1.54, 1.807) is 0 Å². The zero-order valence-electron chi connectivity index (χ0n) is 10.0. The van der Waals surface area contributed by atoms with Crippen LogP contribution in [0.4, 0.5) is 0 Å². The highest BCUT2D eigenvalue weighted by atomic mass is 79.9. The zero-order chi connectivity index (χ0) is 11.8. The molecule has 0 saturated heterocycles. The molecule has 0 aliphatic carbocycles. The molecule has 90 valence electrons. The average molecular weight is 286 g/mol. The number of rotatable bonds is 7. The Morgan fingerprint density at radius 2 is 2.06 bits per heavy atom. The summed E-state index contributed by atoms with van der Waals surface area (Å²) in [6.45, 7) is 6.81. The molecule has 0 spiro atoms. The maximum atomic E-state index is 5.43. The van der Waals surface area contributed by atoms with Crippen LogP contribution in [0.1, 0.15) is 31.9 Å². The van der Waals surface area contributed by atoms with Gasteiger partial charge in [0, 0.05) is 23.7 Å². The van der Waals surface area contributed by atoms with Crippen LogP contribution in [0, 0.1) is 0 Å². The lowest BCUT2D eigenvalue weighted by atomic mass is 10.1. The molecule has 1 N–H and O–H groups in total. The second-order valence-electron chi connectivity index (χ2n) is 3.81. The van der Waals surface area contributed by atoms with Gasteiger partial charge in [0.1, 0.15) is 0 Å². The molecule has 0 unspecified atom stereocenters. The van der Waals surface area contributed by atoms with Gasteiger partial charge in [-0.15, -0.1) is 0 Å². The molecule has 1 rings (SSSR count). The van der Waals surface area contributed by atoms with Gasteiger partial charge in [0.2, 0.25) is 0 Å². The molecule has 0 heterocycles. The third kappa shape index (κ3) is 4.64. The van der Waals surface area contributed by atoms with Gasteiger partial charge in [-0.25, -0.2) is 0 Å². The summed E-state index contributed by atoms with van der Waals surface area (Å²) in [6, 6.07) is 8.65. The molecule has 0 saturated carbocycles. The SMILES string of the molecule is CCCOCCN[C@@H](C)c1ccccc1Br. The summed E-state index contributed by atoms with van der Waals surface area (Å²) < 4.78 is 6.58. The highest BCUT2D eigenvalue weighted by Gasteiger charge is 2.06. The van der Waals surface area contributed by atoms with Crippen LogP contribution in [-0.4, -0.2) is 19.8 Å². The van der Waals surface area contributed by atoms with Crippen LogP contribution in [0.15, 0.2) is 28.7 Å². The second kappa shape index (κ2) is 7.82. The van der Waals surface area contributed by atoms with Crippen molar-refractivity contribution in [3.63, 3.8) is 0 Å². The Balaban J connectivity index is 2.30. The van der Waals surface area contributed by atoms with Crippen molar-refractivity contribution in [2.45, 2.75) is 26.3 Å². The van der Waals surface area contributed by atoms with Crippen molar-refractivity contribution in [2.75, 3.05) is 19.8 Å². The van der Waals surface area contributed by atoms with E-state index in [9.17, 15) is 0 Å². The highest BCUT2D eigenvalue weighted by molar-refractivity contribution is 9.10. The molecule has 2 nitrogen and oxygen atoms in total. The number of benzene rings is 1. The molecule has 0 aliphatic rings. The Kier molecular flexibility index (Phi) is 6.69. The van der Waals surface area contributed by atoms with E-state index < -0.39 is 0 Å². The minimum atomic E-state index is 0.348. The van der Waals surface area contributed by atoms with Crippen molar-refractivity contribution in [3.05, 3.63) is 34.3 Å². The fourth-order valence-electron chi connectivity index (χ4n) is 1.53. The van der Waals surface area contributed by atoms with Crippen LogP contribution < -0.4 is 5.32 Å². The van der Waals surface area contributed by atoms with E-state index in [0.29, 0.717) is 6.04 Å². The van der Waals surface area contributed by atoms with Crippen molar-refractivity contribution in [1.82, 2.24) is 5.32 Å². The third-order valence-corrected chi connectivity index (χ3v) is 3.14. The summed E-state index contributed by atoms with van der Waals surface area (Å²) >= 11 is 3.56. The summed E-state index contributed by atoms with van der Waals surface area (Å²) in [5, 5.41) is 3.44. The van der Waals surface area contributed by atoms with Gasteiger partial charge in [0.25, 0.3) is 0 Å². The van der Waals surface area contributed by atoms with E-state index in [1.165, 1.54) is 5.56 Å². The molecule has 3 heteroatoms. The van der Waals surface area contributed by atoms with E-state index >= 15 is 0 Å². The largest absolute Gasteiger partial charge is 0.380 e. The van der Waals surface area contributed by atoms with Crippen LogP contribution in [0.2, 0.25) is 0 Å². The van der Waals surface area contributed by atoms with Gasteiger partial charge in [-0.1, -0.05) is 41.1 Å². The number of ether oxygens (including phenoxy) is 1. The van der Waals surface area contributed by atoms with Crippen molar-refractivity contribution in [2.24, 2.45) is 0 Å². The first kappa shape index (κ1) is 13.7. The Labute approximate surface area is 107 Å². The first-order valence-corrected chi connectivity index (χ1v) is 6.60. The molecule has 0 radical (unpaired) electrons. The van der Waals surface area contributed by atoms with E-state index in [2.05, 4.69) is 53.3 Å². The van der Waals surface area contributed by atoms with Crippen LogP contribution in [0.25, 0.3) is 0 Å². The van der Waals surface area contributed by atoms with Crippen LogP contribution >= 0.6 is 15.9 Å². The summed E-state index contributed by atoms with van der Waals surface area (Å²) in [4.78, 5) is 0. The predicted octanol–water partition coefficient (Wildman–Crippen LogP) is 3.53. The Hall–Kier alpha value is -0.380. The number of halogens is 1. The summed E-state index contributed by atoms with van der Waals surface area (Å²) in [5.74, 6) is 0. The standard InChI is InChI=1S/C13H20BrNO/c1-3-9-16-10-8-15-11(2)12-6-4-5-7-13(12)14/h4-7,11,15H,3,8-10H2,1-2H3/t11-/m0/s1. The molecule has 0 amide bonds. The first-order valence-electron chi connectivity index (χ1n) is 5.81.